The van der Waals surface area contributed by atoms with Gasteiger partial charge in [0.15, 0.2) is 6.10 Å². The minimum Gasteiger partial charge on any atom is -0.462 e. The Labute approximate surface area is 487 Å². The Kier molecular flexibility index (Phi) is 62.3. The first-order chi connectivity index (χ1) is 39.0. The summed E-state index contributed by atoms with van der Waals surface area (Å²) in [5.41, 5.74) is 0. The number of rotatable bonds is 58. The molecule has 0 aromatic rings. The van der Waals surface area contributed by atoms with Crippen molar-refractivity contribution in [3.05, 3.63) is 134 Å². The van der Waals surface area contributed by atoms with Crippen molar-refractivity contribution in [3.8, 4) is 0 Å². The molecule has 0 heterocycles. The van der Waals surface area contributed by atoms with Gasteiger partial charge in [-0.15, -0.1) is 0 Å². The highest BCUT2D eigenvalue weighted by atomic mass is 16.6. The summed E-state index contributed by atoms with van der Waals surface area (Å²) >= 11 is 0. The van der Waals surface area contributed by atoms with Gasteiger partial charge in [-0.2, -0.15) is 0 Å². The molecule has 1 unspecified atom stereocenters. The topological polar surface area (TPSA) is 78.9 Å². The second-order valence-corrected chi connectivity index (χ2v) is 21.3. The van der Waals surface area contributed by atoms with Crippen molar-refractivity contribution in [2.24, 2.45) is 0 Å². The zero-order valence-corrected chi connectivity index (χ0v) is 51.3. The molecule has 0 N–H and O–H groups in total. The molecule has 0 aliphatic rings. The fourth-order valence-electron chi connectivity index (χ4n) is 8.83. The molecule has 0 aromatic heterocycles. The molecule has 1 atom stereocenters. The molecule has 0 fully saturated rings. The number of ether oxygens (including phenoxy) is 3. The first-order valence-corrected chi connectivity index (χ1v) is 32.7. The third-order valence-corrected chi connectivity index (χ3v) is 13.7. The van der Waals surface area contributed by atoms with Crippen LogP contribution in [-0.4, -0.2) is 37.2 Å². The number of esters is 3. The van der Waals surface area contributed by atoms with Gasteiger partial charge in [0, 0.05) is 19.3 Å². The fraction of sp³-hybridized carbons (Fsp3) is 0.658. The van der Waals surface area contributed by atoms with Crippen LogP contribution >= 0.6 is 0 Å². The van der Waals surface area contributed by atoms with E-state index in [0.717, 1.165) is 135 Å². The first kappa shape index (κ1) is 74.5. The Morgan fingerprint density at radius 1 is 0.266 bits per heavy atom. The number of hydrogen-bond donors (Lipinski definition) is 0. The number of allylic oxidation sites excluding steroid dienone is 22. The maximum Gasteiger partial charge on any atom is 0.306 e. The van der Waals surface area contributed by atoms with Crippen LogP contribution in [0.15, 0.2) is 134 Å². The molecule has 0 aliphatic heterocycles. The quantitative estimate of drug-likeness (QED) is 0.0261. The predicted octanol–water partition coefficient (Wildman–Crippen LogP) is 22.5. The van der Waals surface area contributed by atoms with Crippen molar-refractivity contribution in [1.82, 2.24) is 0 Å². The fourth-order valence-corrected chi connectivity index (χ4v) is 8.83. The Bertz CT molecular complexity index is 1680. The van der Waals surface area contributed by atoms with E-state index in [1.54, 1.807) is 0 Å². The van der Waals surface area contributed by atoms with Gasteiger partial charge in [0.25, 0.3) is 0 Å². The molecule has 0 radical (unpaired) electrons. The van der Waals surface area contributed by atoms with Crippen LogP contribution in [0.5, 0.6) is 0 Å². The van der Waals surface area contributed by atoms with Crippen molar-refractivity contribution in [3.63, 3.8) is 0 Å². The minimum absolute atomic E-state index is 0.0837. The average molecular weight is 1090 g/mol. The zero-order valence-electron chi connectivity index (χ0n) is 51.3. The van der Waals surface area contributed by atoms with Gasteiger partial charge in [0.1, 0.15) is 13.2 Å². The van der Waals surface area contributed by atoms with Crippen molar-refractivity contribution in [2.75, 3.05) is 13.2 Å². The molecule has 0 aliphatic carbocycles. The predicted molar refractivity (Wildman–Crippen MR) is 343 cm³/mol. The lowest BCUT2D eigenvalue weighted by Crippen LogP contribution is -2.30. The summed E-state index contributed by atoms with van der Waals surface area (Å²) in [6.07, 6.45) is 93.4. The molecular weight excluding hydrogens is 973 g/mol. The monoisotopic (exact) mass is 1090 g/mol. The smallest absolute Gasteiger partial charge is 0.306 e. The minimum atomic E-state index is -0.786. The Hall–Kier alpha value is -4.45. The number of unbranched alkanes of at least 4 members (excludes halogenated alkanes) is 25. The molecule has 0 rings (SSSR count). The maximum atomic E-state index is 12.9. The number of carbonyl (C=O) groups excluding carboxylic acids is 3. The lowest BCUT2D eigenvalue weighted by molar-refractivity contribution is -0.167. The van der Waals surface area contributed by atoms with Crippen LogP contribution in [0.3, 0.4) is 0 Å². The van der Waals surface area contributed by atoms with Crippen molar-refractivity contribution < 1.29 is 28.6 Å². The van der Waals surface area contributed by atoms with E-state index in [2.05, 4.69) is 154 Å². The van der Waals surface area contributed by atoms with Crippen LogP contribution in [0.2, 0.25) is 0 Å². The molecule has 448 valence electrons. The van der Waals surface area contributed by atoms with Crippen LogP contribution in [0.1, 0.15) is 290 Å². The summed E-state index contributed by atoms with van der Waals surface area (Å²) in [6, 6.07) is 0. The Morgan fingerprint density at radius 2 is 0.494 bits per heavy atom. The van der Waals surface area contributed by atoms with Gasteiger partial charge in [0.2, 0.25) is 0 Å². The molecule has 0 spiro atoms. The second-order valence-electron chi connectivity index (χ2n) is 21.3. The summed E-state index contributed by atoms with van der Waals surface area (Å²) in [7, 11) is 0. The van der Waals surface area contributed by atoms with Gasteiger partial charge in [-0.05, 0) is 116 Å². The number of hydrogen-bond acceptors (Lipinski definition) is 6. The van der Waals surface area contributed by atoms with E-state index in [1.165, 1.54) is 116 Å². The third kappa shape index (κ3) is 64.3. The third-order valence-electron chi connectivity index (χ3n) is 13.7. The normalized spacial score (nSPS) is 13.0. The Morgan fingerprint density at radius 3 is 0.772 bits per heavy atom. The van der Waals surface area contributed by atoms with E-state index in [4.69, 9.17) is 14.2 Å². The van der Waals surface area contributed by atoms with Gasteiger partial charge < -0.3 is 14.2 Å². The standard InChI is InChI=1S/C73H120O6/c1-4-7-10-13-16-18-20-22-24-26-28-30-32-34-35-36-37-39-40-42-44-46-48-50-52-54-57-60-63-66-72(75)78-69-70(68-77-71(74)65-62-59-56-15-12-9-6-3)79-73(76)67-64-61-58-55-53-51-49-47-45-43-41-38-33-31-29-27-25-23-21-19-17-14-11-8-5-2/h7-8,10-11,16-19,22-25,28-31,34-35,37,39,42,44,70H,4-6,9,12-15,20-21,26-27,32-33,36,38,40-41,43,45-69H2,1-3H3/b10-7-,11-8-,18-16-,19-17-,24-22-,25-23-,30-28-,31-29-,35-34-,39-37-,44-42-. The molecule has 79 heavy (non-hydrogen) atoms. The van der Waals surface area contributed by atoms with Crippen molar-refractivity contribution in [1.29, 1.82) is 0 Å². The maximum absolute atomic E-state index is 12.9. The van der Waals surface area contributed by atoms with E-state index < -0.39 is 6.10 Å². The first-order valence-electron chi connectivity index (χ1n) is 32.7. The van der Waals surface area contributed by atoms with Gasteiger partial charge in [-0.1, -0.05) is 289 Å². The summed E-state index contributed by atoms with van der Waals surface area (Å²) in [6.45, 7) is 6.37. The van der Waals surface area contributed by atoms with Crippen molar-refractivity contribution in [2.45, 2.75) is 297 Å². The van der Waals surface area contributed by atoms with Gasteiger partial charge >= 0.3 is 17.9 Å². The molecule has 0 saturated carbocycles. The summed E-state index contributed by atoms with van der Waals surface area (Å²) in [5, 5.41) is 0. The highest BCUT2D eigenvalue weighted by molar-refractivity contribution is 5.71. The van der Waals surface area contributed by atoms with E-state index in [9.17, 15) is 14.4 Å². The summed E-state index contributed by atoms with van der Waals surface area (Å²) in [5.74, 6) is -0.901. The van der Waals surface area contributed by atoms with Crippen LogP contribution in [0.4, 0.5) is 0 Å². The van der Waals surface area contributed by atoms with Crippen LogP contribution in [0.25, 0.3) is 0 Å². The lowest BCUT2D eigenvalue weighted by atomic mass is 10.0. The van der Waals surface area contributed by atoms with Gasteiger partial charge in [0.05, 0.1) is 0 Å². The summed E-state index contributed by atoms with van der Waals surface area (Å²) in [4.78, 5) is 38.1. The second kappa shape index (κ2) is 66.1. The molecule has 0 bridgehead atoms. The van der Waals surface area contributed by atoms with Crippen LogP contribution in [0, 0.1) is 0 Å². The molecule has 0 aromatic carbocycles. The SMILES string of the molecule is CC/C=C\C/C=C\C/C=C\C/C=C\C/C=C\C/C=C\C/C=C\CCCCCCCCCC(=O)OCC(COC(=O)CCCCCCCCC)OC(=O)CCCCCCCCCCCCCC/C=C\C/C=C\C/C=C\C/C=C\CC. The largest absolute Gasteiger partial charge is 0.462 e. The van der Waals surface area contributed by atoms with Crippen LogP contribution in [-0.2, 0) is 28.6 Å². The molecule has 6 nitrogen and oxygen atoms in total. The van der Waals surface area contributed by atoms with Crippen LogP contribution < -0.4 is 0 Å². The van der Waals surface area contributed by atoms with E-state index >= 15 is 0 Å². The summed E-state index contributed by atoms with van der Waals surface area (Å²) < 4.78 is 16.8. The highest BCUT2D eigenvalue weighted by Crippen LogP contribution is 2.16. The zero-order chi connectivity index (χ0) is 57.1. The van der Waals surface area contributed by atoms with Crippen molar-refractivity contribution >= 4 is 17.9 Å². The Balaban J connectivity index is 4.18. The van der Waals surface area contributed by atoms with E-state index in [0.29, 0.717) is 19.3 Å². The molecule has 6 heteroatoms. The lowest BCUT2D eigenvalue weighted by Gasteiger charge is -2.18. The van der Waals surface area contributed by atoms with E-state index in [-0.39, 0.29) is 31.1 Å². The number of carbonyl (C=O) groups is 3. The van der Waals surface area contributed by atoms with Gasteiger partial charge in [-0.3, -0.25) is 14.4 Å². The molecule has 0 amide bonds. The molecular formula is C73H120O6. The van der Waals surface area contributed by atoms with E-state index in [1.807, 2.05) is 0 Å². The molecule has 0 saturated heterocycles. The van der Waals surface area contributed by atoms with Gasteiger partial charge in [-0.25, -0.2) is 0 Å². The average Bonchev–Trinajstić information content (AvgIpc) is 3.45. The highest BCUT2D eigenvalue weighted by Gasteiger charge is 2.19.